The lowest BCUT2D eigenvalue weighted by molar-refractivity contribution is -0.119. The van der Waals surface area contributed by atoms with Crippen LogP contribution in [0.1, 0.15) is 11.1 Å². The van der Waals surface area contributed by atoms with Crippen molar-refractivity contribution in [3.8, 4) is 0 Å². The second-order valence-corrected chi connectivity index (χ2v) is 5.86. The molecular weight excluding hydrogens is 329 g/mol. The molecule has 6 heteroatoms. The molecule has 3 rings (SSSR count). The van der Waals surface area contributed by atoms with Crippen LogP contribution in [0.25, 0.3) is 10.9 Å². The summed E-state index contributed by atoms with van der Waals surface area (Å²) in [5.41, 5.74) is 7.50. The highest BCUT2D eigenvalue weighted by Gasteiger charge is 2.18. The monoisotopic (exact) mass is 344 g/mol. The van der Waals surface area contributed by atoms with Gasteiger partial charge in [-0.15, -0.1) is 0 Å². The molecule has 25 heavy (non-hydrogen) atoms. The van der Waals surface area contributed by atoms with Crippen molar-refractivity contribution < 1.29 is 18.0 Å². The van der Waals surface area contributed by atoms with Gasteiger partial charge in [0, 0.05) is 18.0 Å². The third-order valence-corrected chi connectivity index (χ3v) is 3.94. The molecule has 2 N–H and O–H groups in total. The minimum atomic E-state index is -1.54. The minimum Gasteiger partial charge on any atom is -0.321 e. The number of para-hydroxylation sites is 1. The normalized spacial score (nSPS) is 12.3. The van der Waals surface area contributed by atoms with Gasteiger partial charge < -0.3 is 5.73 Å². The molecule has 3 aromatic rings. The number of carbonyl (C=O) groups is 1. The molecule has 1 atom stereocenters. The lowest BCUT2D eigenvalue weighted by Crippen LogP contribution is -2.34. The fourth-order valence-corrected chi connectivity index (χ4v) is 2.64. The smallest absolute Gasteiger partial charge is 0.194 e. The molecule has 2 aromatic carbocycles. The van der Waals surface area contributed by atoms with Crippen molar-refractivity contribution in [1.29, 1.82) is 0 Å². The van der Waals surface area contributed by atoms with Crippen LogP contribution in [0.4, 0.5) is 13.2 Å². The Morgan fingerprint density at radius 2 is 1.72 bits per heavy atom. The Bertz CT molecular complexity index is 920. The molecule has 0 spiro atoms. The predicted molar refractivity (Wildman–Crippen MR) is 88.4 cm³/mol. The summed E-state index contributed by atoms with van der Waals surface area (Å²) < 4.78 is 39.4. The first-order chi connectivity index (χ1) is 11.9. The zero-order chi connectivity index (χ0) is 18.0. The van der Waals surface area contributed by atoms with Crippen LogP contribution in [0.5, 0.6) is 0 Å². The third kappa shape index (κ3) is 3.85. The van der Waals surface area contributed by atoms with Gasteiger partial charge >= 0.3 is 0 Å². The zero-order valence-corrected chi connectivity index (χ0v) is 13.2. The highest BCUT2D eigenvalue weighted by molar-refractivity contribution is 5.87. The number of halogens is 3. The average Bonchev–Trinajstić information content (AvgIpc) is 2.59. The molecule has 0 aliphatic carbocycles. The van der Waals surface area contributed by atoms with Gasteiger partial charge in [-0.3, -0.25) is 9.78 Å². The van der Waals surface area contributed by atoms with Crippen LogP contribution in [-0.4, -0.2) is 16.8 Å². The Labute approximate surface area is 142 Å². The van der Waals surface area contributed by atoms with Crippen LogP contribution in [0.3, 0.4) is 0 Å². The van der Waals surface area contributed by atoms with E-state index in [4.69, 9.17) is 5.73 Å². The van der Waals surface area contributed by atoms with Crippen molar-refractivity contribution in [3.63, 3.8) is 0 Å². The first kappa shape index (κ1) is 17.1. The predicted octanol–water partition coefficient (Wildman–Crippen LogP) is 3.33. The van der Waals surface area contributed by atoms with E-state index in [0.717, 1.165) is 23.0 Å². The lowest BCUT2D eigenvalue weighted by Gasteiger charge is -2.11. The van der Waals surface area contributed by atoms with Gasteiger partial charge in [0.2, 0.25) is 0 Å². The number of nitrogens with two attached hydrogens (primary N) is 1. The summed E-state index contributed by atoms with van der Waals surface area (Å²) in [6.45, 7) is 0. The summed E-state index contributed by atoms with van der Waals surface area (Å²) in [5, 5.41) is 0.907. The highest BCUT2D eigenvalue weighted by atomic mass is 19.2. The number of nitrogens with zero attached hydrogens (tertiary/aromatic N) is 1. The summed E-state index contributed by atoms with van der Waals surface area (Å²) in [6, 6.07) is 10.1. The van der Waals surface area contributed by atoms with Gasteiger partial charge in [0.25, 0.3) is 0 Å². The van der Waals surface area contributed by atoms with Crippen molar-refractivity contribution in [2.75, 3.05) is 0 Å². The van der Waals surface area contributed by atoms with Gasteiger partial charge in [-0.1, -0.05) is 18.2 Å². The molecule has 1 unspecified atom stereocenters. The van der Waals surface area contributed by atoms with Crippen LogP contribution < -0.4 is 5.73 Å². The number of hydrogen-bond donors (Lipinski definition) is 1. The van der Waals surface area contributed by atoms with E-state index in [1.165, 1.54) is 0 Å². The molecule has 3 nitrogen and oxygen atoms in total. The molecule has 0 saturated carbocycles. The van der Waals surface area contributed by atoms with Crippen molar-refractivity contribution in [1.82, 2.24) is 4.98 Å². The second-order valence-electron chi connectivity index (χ2n) is 5.86. The zero-order valence-electron chi connectivity index (χ0n) is 13.2. The van der Waals surface area contributed by atoms with E-state index in [-0.39, 0.29) is 24.2 Å². The number of pyridine rings is 1. The number of hydrogen-bond acceptors (Lipinski definition) is 3. The van der Waals surface area contributed by atoms with E-state index in [9.17, 15) is 18.0 Å². The fraction of sp³-hybridized carbons (Fsp3) is 0.158. The molecule has 1 heterocycles. The Hall–Kier alpha value is -2.73. The number of Topliss-reactive ketones (excluding diaryl/α,β-unsaturated/α-hetero) is 1. The topological polar surface area (TPSA) is 56.0 Å². The van der Waals surface area contributed by atoms with E-state index in [1.807, 2.05) is 30.3 Å². The van der Waals surface area contributed by atoms with Gasteiger partial charge in [-0.05, 0) is 41.8 Å². The number of rotatable bonds is 5. The van der Waals surface area contributed by atoms with E-state index < -0.39 is 23.5 Å². The summed E-state index contributed by atoms with van der Waals surface area (Å²) in [6.07, 6.45) is 1.59. The summed E-state index contributed by atoms with van der Waals surface area (Å²) in [4.78, 5) is 16.6. The van der Waals surface area contributed by atoms with Gasteiger partial charge in [-0.2, -0.15) is 0 Å². The molecule has 0 aliphatic rings. The van der Waals surface area contributed by atoms with Crippen LogP contribution in [0, 0.1) is 17.5 Å². The number of fused-ring (bicyclic) bond motifs is 1. The van der Waals surface area contributed by atoms with Crippen LogP contribution in [-0.2, 0) is 17.6 Å². The van der Waals surface area contributed by atoms with Crippen LogP contribution in [0.15, 0.2) is 48.7 Å². The number of carbonyl (C=O) groups excluding carboxylic acids is 1. The Kier molecular flexibility index (Phi) is 4.81. The number of aromatic nitrogens is 1. The molecule has 0 radical (unpaired) electrons. The number of ketones is 1. The third-order valence-electron chi connectivity index (χ3n) is 3.94. The highest BCUT2D eigenvalue weighted by Crippen LogP contribution is 2.16. The molecule has 0 bridgehead atoms. The summed E-state index contributed by atoms with van der Waals surface area (Å²) >= 11 is 0. The minimum absolute atomic E-state index is 0.0607. The first-order valence-corrected chi connectivity index (χ1v) is 7.69. The van der Waals surface area contributed by atoms with Crippen molar-refractivity contribution in [2.24, 2.45) is 5.73 Å². The number of benzene rings is 2. The van der Waals surface area contributed by atoms with Crippen LogP contribution in [0.2, 0.25) is 0 Å². The average molecular weight is 344 g/mol. The maximum absolute atomic E-state index is 13.2. The van der Waals surface area contributed by atoms with E-state index in [1.54, 1.807) is 6.20 Å². The Morgan fingerprint density at radius 1 is 1.04 bits per heavy atom. The molecular formula is C19H15F3N2O. The van der Waals surface area contributed by atoms with Crippen LogP contribution >= 0.6 is 0 Å². The van der Waals surface area contributed by atoms with E-state index in [0.29, 0.717) is 5.56 Å². The maximum atomic E-state index is 13.2. The quantitative estimate of drug-likeness (QED) is 0.722. The van der Waals surface area contributed by atoms with E-state index in [2.05, 4.69) is 4.98 Å². The second kappa shape index (κ2) is 7.03. The Balaban J connectivity index is 1.71. The summed E-state index contributed by atoms with van der Waals surface area (Å²) in [5.74, 6) is -4.42. The fourth-order valence-electron chi connectivity index (χ4n) is 2.64. The lowest BCUT2D eigenvalue weighted by atomic mass is 9.98. The first-order valence-electron chi connectivity index (χ1n) is 7.69. The molecule has 0 saturated heterocycles. The van der Waals surface area contributed by atoms with Crippen molar-refractivity contribution in [3.05, 3.63) is 77.2 Å². The molecule has 0 fully saturated rings. The van der Waals surface area contributed by atoms with Gasteiger partial charge in [0.05, 0.1) is 11.6 Å². The van der Waals surface area contributed by atoms with E-state index >= 15 is 0 Å². The largest absolute Gasteiger partial charge is 0.321 e. The standard InChI is InChI=1S/C19H15F3N2O/c20-14-6-11(7-15(21)19(14)22)8-16(23)18(25)9-12-5-13-3-1-2-4-17(13)24-10-12/h1-7,10,16H,8-9,23H2. The van der Waals surface area contributed by atoms with Gasteiger partial charge in [0.15, 0.2) is 23.2 Å². The van der Waals surface area contributed by atoms with Crippen molar-refractivity contribution in [2.45, 2.75) is 18.9 Å². The molecule has 1 aromatic heterocycles. The Morgan fingerprint density at radius 3 is 2.44 bits per heavy atom. The van der Waals surface area contributed by atoms with Crippen molar-refractivity contribution >= 4 is 16.7 Å². The van der Waals surface area contributed by atoms with Gasteiger partial charge in [0.1, 0.15) is 0 Å². The molecule has 0 amide bonds. The molecule has 128 valence electrons. The SMILES string of the molecule is NC(Cc1cc(F)c(F)c(F)c1)C(=O)Cc1cnc2ccccc2c1. The summed E-state index contributed by atoms with van der Waals surface area (Å²) in [7, 11) is 0. The molecule has 0 aliphatic heterocycles. The maximum Gasteiger partial charge on any atom is 0.194 e. The van der Waals surface area contributed by atoms with Gasteiger partial charge in [-0.25, -0.2) is 13.2 Å².